The molecule has 0 aliphatic carbocycles. The van der Waals surface area contributed by atoms with Gasteiger partial charge in [-0.05, 0) is 43.3 Å². The number of nitrogens with zero attached hydrogens (tertiary/aromatic N) is 1. The van der Waals surface area contributed by atoms with Gasteiger partial charge in [-0.25, -0.2) is 4.79 Å². The zero-order valence-corrected chi connectivity index (χ0v) is 14.9. The molecule has 7 nitrogen and oxygen atoms in total. The highest BCUT2D eigenvalue weighted by molar-refractivity contribution is 5.96. The second-order valence-electron chi connectivity index (χ2n) is 5.89. The second-order valence-corrected chi connectivity index (χ2v) is 5.89. The number of nitrogens with one attached hydrogen (secondary N) is 2. The molecule has 2 aromatic carbocycles. The first-order valence-electron chi connectivity index (χ1n) is 7.97. The second kappa shape index (κ2) is 8.66. The van der Waals surface area contributed by atoms with Crippen molar-refractivity contribution in [3.05, 3.63) is 65.2 Å². The van der Waals surface area contributed by atoms with Gasteiger partial charge in [-0.1, -0.05) is 17.7 Å². The molecule has 7 heteroatoms. The Morgan fingerprint density at radius 2 is 1.65 bits per heavy atom. The molecule has 0 radical (unpaired) electrons. The Morgan fingerprint density at radius 3 is 2.27 bits per heavy atom. The van der Waals surface area contributed by atoms with Crippen molar-refractivity contribution in [3.8, 4) is 0 Å². The molecule has 0 aliphatic rings. The fourth-order valence-electron chi connectivity index (χ4n) is 2.13. The number of hydrogen-bond donors (Lipinski definition) is 2. The maximum absolute atomic E-state index is 11.9. The standard InChI is InChI=1S/C19H21N3O4/c1-13-5-4-6-15(11-13)18(24)21-20-17(23)12-26-19(25)14-7-9-16(10-8-14)22(2)3/h4-11H,12H2,1-3H3,(H,20,23)(H,21,24). The van der Waals surface area contributed by atoms with Crippen LogP contribution >= 0.6 is 0 Å². The highest BCUT2D eigenvalue weighted by atomic mass is 16.5. The van der Waals surface area contributed by atoms with Crippen LogP contribution in [0.3, 0.4) is 0 Å². The maximum atomic E-state index is 11.9. The van der Waals surface area contributed by atoms with Gasteiger partial charge in [-0.3, -0.25) is 20.4 Å². The first-order valence-corrected chi connectivity index (χ1v) is 7.97. The summed E-state index contributed by atoms with van der Waals surface area (Å²) in [6.07, 6.45) is 0. The lowest BCUT2D eigenvalue weighted by atomic mass is 10.1. The molecule has 0 bridgehead atoms. The molecular formula is C19H21N3O4. The predicted molar refractivity (Wildman–Crippen MR) is 97.8 cm³/mol. The van der Waals surface area contributed by atoms with E-state index in [1.165, 1.54) is 0 Å². The summed E-state index contributed by atoms with van der Waals surface area (Å²) in [5, 5.41) is 0. The topological polar surface area (TPSA) is 87.7 Å². The summed E-state index contributed by atoms with van der Waals surface area (Å²) in [4.78, 5) is 37.5. The third-order valence-corrected chi connectivity index (χ3v) is 3.55. The third kappa shape index (κ3) is 5.34. The first kappa shape index (κ1) is 19.0. The van der Waals surface area contributed by atoms with Crippen molar-refractivity contribution < 1.29 is 19.1 Å². The zero-order chi connectivity index (χ0) is 19.1. The van der Waals surface area contributed by atoms with Crippen molar-refractivity contribution in [1.29, 1.82) is 0 Å². The normalized spacial score (nSPS) is 9.96. The number of hydrazine groups is 1. The number of aryl methyl sites for hydroxylation is 1. The summed E-state index contributed by atoms with van der Waals surface area (Å²) in [5.74, 6) is -1.70. The predicted octanol–water partition coefficient (Wildman–Crippen LogP) is 1.68. The van der Waals surface area contributed by atoms with Crippen LogP contribution in [0.25, 0.3) is 0 Å². The van der Waals surface area contributed by atoms with Crippen molar-refractivity contribution in [1.82, 2.24) is 10.9 Å². The van der Waals surface area contributed by atoms with Gasteiger partial charge in [0.15, 0.2) is 6.61 Å². The van der Waals surface area contributed by atoms with Gasteiger partial charge in [0, 0.05) is 25.3 Å². The summed E-state index contributed by atoms with van der Waals surface area (Å²) in [5.41, 5.74) is 7.11. The van der Waals surface area contributed by atoms with Crippen LogP contribution in [-0.2, 0) is 9.53 Å². The maximum Gasteiger partial charge on any atom is 0.338 e. The van der Waals surface area contributed by atoms with Crippen molar-refractivity contribution in [2.24, 2.45) is 0 Å². The van der Waals surface area contributed by atoms with E-state index in [1.807, 2.05) is 32.0 Å². The minimum atomic E-state index is -0.635. The monoisotopic (exact) mass is 355 g/mol. The molecule has 2 N–H and O–H groups in total. The molecule has 0 unspecified atom stereocenters. The average molecular weight is 355 g/mol. The van der Waals surface area contributed by atoms with E-state index in [-0.39, 0.29) is 0 Å². The quantitative estimate of drug-likeness (QED) is 0.629. The SMILES string of the molecule is Cc1cccc(C(=O)NNC(=O)COC(=O)c2ccc(N(C)C)cc2)c1. The van der Waals surface area contributed by atoms with Crippen LogP contribution in [0.15, 0.2) is 48.5 Å². The van der Waals surface area contributed by atoms with Crippen molar-refractivity contribution in [2.45, 2.75) is 6.92 Å². The van der Waals surface area contributed by atoms with E-state index in [4.69, 9.17) is 4.74 Å². The van der Waals surface area contributed by atoms with Gasteiger partial charge in [-0.15, -0.1) is 0 Å². The Morgan fingerprint density at radius 1 is 0.962 bits per heavy atom. The van der Waals surface area contributed by atoms with Gasteiger partial charge < -0.3 is 9.64 Å². The van der Waals surface area contributed by atoms with E-state index in [1.54, 1.807) is 42.5 Å². The molecule has 0 heterocycles. The van der Waals surface area contributed by atoms with E-state index in [2.05, 4.69) is 10.9 Å². The van der Waals surface area contributed by atoms with E-state index >= 15 is 0 Å². The summed E-state index contributed by atoms with van der Waals surface area (Å²) in [6, 6.07) is 13.7. The van der Waals surface area contributed by atoms with Crippen molar-refractivity contribution >= 4 is 23.5 Å². The van der Waals surface area contributed by atoms with Crippen LogP contribution in [0.1, 0.15) is 26.3 Å². The lowest BCUT2D eigenvalue weighted by molar-refractivity contribution is -0.125. The number of carbonyl (C=O) groups is 3. The Labute approximate surface area is 151 Å². The number of hydrogen-bond acceptors (Lipinski definition) is 5. The van der Waals surface area contributed by atoms with Crippen LogP contribution in [0.5, 0.6) is 0 Å². The molecule has 0 aliphatic heterocycles. The Hall–Kier alpha value is -3.35. The number of benzene rings is 2. The molecular weight excluding hydrogens is 334 g/mol. The Balaban J connectivity index is 1.79. The first-order chi connectivity index (χ1) is 12.4. The van der Waals surface area contributed by atoms with Crippen LogP contribution < -0.4 is 15.8 Å². The number of rotatable bonds is 5. The Kier molecular flexibility index (Phi) is 6.32. The highest BCUT2D eigenvalue weighted by Gasteiger charge is 2.12. The fourth-order valence-corrected chi connectivity index (χ4v) is 2.13. The van der Waals surface area contributed by atoms with Crippen LogP contribution in [-0.4, -0.2) is 38.5 Å². The van der Waals surface area contributed by atoms with Gasteiger partial charge >= 0.3 is 5.97 Å². The lowest BCUT2D eigenvalue weighted by Crippen LogP contribution is -2.43. The fraction of sp³-hybridized carbons (Fsp3) is 0.211. The summed E-state index contributed by atoms with van der Waals surface area (Å²) in [6.45, 7) is 1.36. The smallest absolute Gasteiger partial charge is 0.338 e. The van der Waals surface area contributed by atoms with Crippen LogP contribution in [0.4, 0.5) is 5.69 Å². The number of amides is 2. The van der Waals surface area contributed by atoms with Gasteiger partial charge in [0.2, 0.25) is 0 Å². The molecule has 0 saturated heterocycles. The van der Waals surface area contributed by atoms with Crippen molar-refractivity contribution in [2.75, 3.05) is 25.6 Å². The molecule has 0 spiro atoms. The number of carbonyl (C=O) groups excluding carboxylic acids is 3. The third-order valence-electron chi connectivity index (χ3n) is 3.55. The molecule has 2 rings (SSSR count). The van der Waals surface area contributed by atoms with Crippen molar-refractivity contribution in [3.63, 3.8) is 0 Å². The van der Waals surface area contributed by atoms with Crippen LogP contribution in [0.2, 0.25) is 0 Å². The average Bonchev–Trinajstić information content (AvgIpc) is 2.64. The van der Waals surface area contributed by atoms with Gasteiger partial charge in [-0.2, -0.15) is 0 Å². The minimum Gasteiger partial charge on any atom is -0.452 e. The molecule has 26 heavy (non-hydrogen) atoms. The number of ether oxygens (including phenoxy) is 1. The summed E-state index contributed by atoms with van der Waals surface area (Å²) < 4.78 is 4.93. The molecule has 0 fully saturated rings. The molecule has 136 valence electrons. The Bertz CT molecular complexity index is 801. The highest BCUT2D eigenvalue weighted by Crippen LogP contribution is 2.12. The van der Waals surface area contributed by atoms with Gasteiger partial charge in [0.05, 0.1) is 5.56 Å². The summed E-state index contributed by atoms with van der Waals surface area (Å²) in [7, 11) is 3.78. The summed E-state index contributed by atoms with van der Waals surface area (Å²) >= 11 is 0. The number of esters is 1. The molecule has 0 aromatic heterocycles. The van der Waals surface area contributed by atoms with Crippen LogP contribution in [0, 0.1) is 6.92 Å². The van der Waals surface area contributed by atoms with Gasteiger partial charge in [0.1, 0.15) is 0 Å². The zero-order valence-electron chi connectivity index (χ0n) is 14.9. The minimum absolute atomic E-state index is 0.340. The van der Waals surface area contributed by atoms with E-state index in [0.29, 0.717) is 11.1 Å². The largest absolute Gasteiger partial charge is 0.452 e. The molecule has 2 aromatic rings. The molecule has 0 saturated carbocycles. The molecule has 0 atom stereocenters. The van der Waals surface area contributed by atoms with E-state index in [0.717, 1.165) is 11.3 Å². The van der Waals surface area contributed by atoms with Gasteiger partial charge in [0.25, 0.3) is 11.8 Å². The van der Waals surface area contributed by atoms with E-state index < -0.39 is 24.4 Å². The molecule has 2 amide bonds. The lowest BCUT2D eigenvalue weighted by Gasteiger charge is -2.12. The van der Waals surface area contributed by atoms with E-state index in [9.17, 15) is 14.4 Å². The number of anilines is 1.